The smallest absolute Gasteiger partial charge is 0.0317 e. The van der Waals surface area contributed by atoms with E-state index in [4.69, 9.17) is 0 Å². The Kier molecular flexibility index (Phi) is 6.49. The molecule has 0 aliphatic heterocycles. The molecule has 0 fully saturated rings. The molecule has 1 N–H and O–H groups in total. The molecule has 0 aliphatic rings. The first-order valence-corrected chi connectivity index (χ1v) is 8.19. The fourth-order valence-corrected chi connectivity index (χ4v) is 2.70. The van der Waals surface area contributed by atoms with Crippen LogP contribution in [0.3, 0.4) is 0 Å². The average molecular weight is 281 g/mol. The van der Waals surface area contributed by atoms with E-state index in [2.05, 4.69) is 73.8 Å². The Morgan fingerprint density at radius 3 is 2.19 bits per heavy atom. The third-order valence-electron chi connectivity index (χ3n) is 4.07. The highest BCUT2D eigenvalue weighted by Gasteiger charge is 2.07. The molecular formula is C20H27N. The minimum Gasteiger partial charge on any atom is -0.310 e. The van der Waals surface area contributed by atoms with Crippen LogP contribution in [0.25, 0.3) is 0 Å². The second kappa shape index (κ2) is 8.63. The lowest BCUT2D eigenvalue weighted by molar-refractivity contribution is 0.510. The second-order valence-electron chi connectivity index (χ2n) is 5.60. The van der Waals surface area contributed by atoms with Gasteiger partial charge in [0.2, 0.25) is 0 Å². The standard InChI is InChI=1S/C20H27N/c1-3-17-12-14-19(15-13-17)20(4-2)21-16-8-11-18-9-6-5-7-10-18/h5-7,9-10,12-15,20-21H,3-4,8,11,16H2,1-2H3. The number of rotatable bonds is 8. The van der Waals surface area contributed by atoms with Gasteiger partial charge in [0.05, 0.1) is 0 Å². The molecule has 0 heterocycles. The summed E-state index contributed by atoms with van der Waals surface area (Å²) in [7, 11) is 0. The van der Waals surface area contributed by atoms with Crippen LogP contribution in [0.1, 0.15) is 49.4 Å². The lowest BCUT2D eigenvalue weighted by Crippen LogP contribution is -2.22. The zero-order chi connectivity index (χ0) is 14.9. The molecule has 1 atom stereocenters. The van der Waals surface area contributed by atoms with E-state index in [0.29, 0.717) is 6.04 Å². The van der Waals surface area contributed by atoms with Crippen molar-refractivity contribution in [2.24, 2.45) is 0 Å². The summed E-state index contributed by atoms with van der Waals surface area (Å²) in [5.74, 6) is 0. The number of benzene rings is 2. The predicted octanol–water partition coefficient (Wildman–Crippen LogP) is 4.92. The van der Waals surface area contributed by atoms with Crippen LogP contribution >= 0.6 is 0 Å². The zero-order valence-corrected chi connectivity index (χ0v) is 13.3. The summed E-state index contributed by atoms with van der Waals surface area (Å²) in [4.78, 5) is 0. The Labute approximate surface area is 129 Å². The molecule has 0 radical (unpaired) electrons. The van der Waals surface area contributed by atoms with Crippen molar-refractivity contribution in [1.29, 1.82) is 0 Å². The Balaban J connectivity index is 1.79. The van der Waals surface area contributed by atoms with Crippen molar-refractivity contribution in [3.05, 3.63) is 71.3 Å². The van der Waals surface area contributed by atoms with Gasteiger partial charge in [0.15, 0.2) is 0 Å². The van der Waals surface area contributed by atoms with Crippen LogP contribution in [0.5, 0.6) is 0 Å². The van der Waals surface area contributed by atoms with Gasteiger partial charge in [-0.05, 0) is 48.9 Å². The van der Waals surface area contributed by atoms with Gasteiger partial charge in [-0.2, -0.15) is 0 Å². The highest BCUT2D eigenvalue weighted by atomic mass is 14.9. The predicted molar refractivity (Wildman–Crippen MR) is 91.6 cm³/mol. The lowest BCUT2D eigenvalue weighted by atomic mass is 10.0. The minimum atomic E-state index is 0.478. The van der Waals surface area contributed by atoms with E-state index in [0.717, 1.165) is 25.8 Å². The largest absolute Gasteiger partial charge is 0.310 e. The van der Waals surface area contributed by atoms with E-state index in [9.17, 15) is 0 Å². The summed E-state index contributed by atoms with van der Waals surface area (Å²) in [5.41, 5.74) is 4.26. The Morgan fingerprint density at radius 1 is 0.857 bits per heavy atom. The van der Waals surface area contributed by atoms with Gasteiger partial charge in [-0.1, -0.05) is 68.4 Å². The molecule has 0 bridgehead atoms. The van der Waals surface area contributed by atoms with Crippen LogP contribution in [-0.2, 0) is 12.8 Å². The number of aryl methyl sites for hydroxylation is 2. The summed E-state index contributed by atoms with van der Waals surface area (Å²) >= 11 is 0. The van der Waals surface area contributed by atoms with Crippen LogP contribution in [0.2, 0.25) is 0 Å². The SMILES string of the molecule is CCc1ccc(C(CC)NCCCc2ccccc2)cc1. The fourth-order valence-electron chi connectivity index (χ4n) is 2.70. The van der Waals surface area contributed by atoms with Crippen molar-refractivity contribution in [2.75, 3.05) is 6.54 Å². The maximum Gasteiger partial charge on any atom is 0.0317 e. The van der Waals surface area contributed by atoms with Gasteiger partial charge in [-0.25, -0.2) is 0 Å². The molecule has 1 unspecified atom stereocenters. The van der Waals surface area contributed by atoms with E-state index in [1.165, 1.54) is 23.1 Å². The van der Waals surface area contributed by atoms with Gasteiger partial charge in [0.25, 0.3) is 0 Å². The van der Waals surface area contributed by atoms with Crippen molar-refractivity contribution >= 4 is 0 Å². The van der Waals surface area contributed by atoms with Gasteiger partial charge in [-0.3, -0.25) is 0 Å². The quantitative estimate of drug-likeness (QED) is 0.677. The number of nitrogens with one attached hydrogen (secondary N) is 1. The molecule has 0 aliphatic carbocycles. The molecule has 21 heavy (non-hydrogen) atoms. The van der Waals surface area contributed by atoms with Crippen LogP contribution in [0.15, 0.2) is 54.6 Å². The van der Waals surface area contributed by atoms with Crippen LogP contribution in [-0.4, -0.2) is 6.54 Å². The molecular weight excluding hydrogens is 254 g/mol. The molecule has 0 saturated heterocycles. The fraction of sp³-hybridized carbons (Fsp3) is 0.400. The van der Waals surface area contributed by atoms with E-state index in [1.807, 2.05) is 0 Å². The average Bonchev–Trinajstić information content (AvgIpc) is 2.56. The van der Waals surface area contributed by atoms with Gasteiger partial charge in [0, 0.05) is 6.04 Å². The number of hydrogen-bond acceptors (Lipinski definition) is 1. The van der Waals surface area contributed by atoms with Gasteiger partial charge < -0.3 is 5.32 Å². The molecule has 2 rings (SSSR count). The zero-order valence-electron chi connectivity index (χ0n) is 13.3. The Bertz CT molecular complexity index is 501. The van der Waals surface area contributed by atoms with Crippen LogP contribution in [0.4, 0.5) is 0 Å². The highest BCUT2D eigenvalue weighted by Crippen LogP contribution is 2.17. The van der Waals surface area contributed by atoms with Crippen molar-refractivity contribution in [1.82, 2.24) is 5.32 Å². The van der Waals surface area contributed by atoms with Crippen LogP contribution in [0, 0.1) is 0 Å². The first-order chi connectivity index (χ1) is 10.3. The molecule has 0 amide bonds. The maximum absolute atomic E-state index is 3.69. The summed E-state index contributed by atoms with van der Waals surface area (Å²) in [6.07, 6.45) is 4.59. The maximum atomic E-state index is 3.69. The molecule has 2 aromatic carbocycles. The summed E-state index contributed by atoms with van der Waals surface area (Å²) in [6.45, 7) is 5.53. The number of hydrogen-bond donors (Lipinski definition) is 1. The monoisotopic (exact) mass is 281 g/mol. The van der Waals surface area contributed by atoms with Crippen molar-refractivity contribution in [3.8, 4) is 0 Å². The first kappa shape index (κ1) is 15.8. The van der Waals surface area contributed by atoms with Gasteiger partial charge >= 0.3 is 0 Å². The highest BCUT2D eigenvalue weighted by molar-refractivity contribution is 5.25. The van der Waals surface area contributed by atoms with Crippen molar-refractivity contribution in [2.45, 2.75) is 45.6 Å². The second-order valence-corrected chi connectivity index (χ2v) is 5.60. The van der Waals surface area contributed by atoms with Gasteiger partial charge in [0.1, 0.15) is 0 Å². The van der Waals surface area contributed by atoms with E-state index in [-0.39, 0.29) is 0 Å². The summed E-state index contributed by atoms with van der Waals surface area (Å²) < 4.78 is 0. The van der Waals surface area contributed by atoms with E-state index < -0.39 is 0 Å². The minimum absolute atomic E-state index is 0.478. The molecule has 1 nitrogen and oxygen atoms in total. The molecule has 1 heteroatoms. The molecule has 0 spiro atoms. The third-order valence-corrected chi connectivity index (χ3v) is 4.07. The van der Waals surface area contributed by atoms with Crippen molar-refractivity contribution < 1.29 is 0 Å². The topological polar surface area (TPSA) is 12.0 Å². The first-order valence-electron chi connectivity index (χ1n) is 8.19. The third kappa shape index (κ3) is 5.02. The molecule has 2 aromatic rings. The van der Waals surface area contributed by atoms with E-state index >= 15 is 0 Å². The van der Waals surface area contributed by atoms with Gasteiger partial charge in [-0.15, -0.1) is 0 Å². The molecule has 112 valence electrons. The normalized spacial score (nSPS) is 12.3. The van der Waals surface area contributed by atoms with E-state index in [1.54, 1.807) is 0 Å². The molecule has 0 saturated carbocycles. The summed E-state index contributed by atoms with van der Waals surface area (Å²) in [5, 5.41) is 3.69. The Morgan fingerprint density at radius 2 is 1.57 bits per heavy atom. The van der Waals surface area contributed by atoms with Crippen LogP contribution < -0.4 is 5.32 Å². The Hall–Kier alpha value is -1.60. The van der Waals surface area contributed by atoms with Crippen molar-refractivity contribution in [3.63, 3.8) is 0 Å². The lowest BCUT2D eigenvalue weighted by Gasteiger charge is -2.18. The summed E-state index contributed by atoms with van der Waals surface area (Å²) in [6, 6.07) is 20.3. The molecule has 0 aromatic heterocycles.